The van der Waals surface area contributed by atoms with Gasteiger partial charge in [0.2, 0.25) is 0 Å². The average Bonchev–Trinajstić information content (AvgIpc) is 2.59. The molecule has 0 aliphatic carbocycles. The van der Waals surface area contributed by atoms with Gasteiger partial charge in [0.15, 0.2) is 5.78 Å². The van der Waals surface area contributed by atoms with Crippen molar-refractivity contribution in [2.75, 3.05) is 14.2 Å². The SMILES string of the molecule is C=Cc1ccc(C(=O)C(O)c2cc(OC)cc(OC)c2)cc1. The Morgan fingerprint density at radius 1 is 1.09 bits per heavy atom. The molecule has 0 amide bonds. The summed E-state index contributed by atoms with van der Waals surface area (Å²) in [7, 11) is 3.03. The molecule has 0 saturated carbocycles. The Balaban J connectivity index is 2.31. The average molecular weight is 298 g/mol. The third-order valence-corrected chi connectivity index (χ3v) is 3.37. The summed E-state index contributed by atoms with van der Waals surface area (Å²) in [5.41, 5.74) is 1.77. The number of aliphatic hydroxyl groups excluding tert-OH is 1. The number of carbonyl (C=O) groups excluding carboxylic acids is 1. The molecule has 2 rings (SSSR count). The number of rotatable bonds is 6. The highest BCUT2D eigenvalue weighted by molar-refractivity contribution is 6.00. The zero-order chi connectivity index (χ0) is 16.1. The number of ether oxygens (including phenoxy) is 2. The molecule has 0 heterocycles. The lowest BCUT2D eigenvalue weighted by atomic mass is 9.98. The Morgan fingerprint density at radius 3 is 2.09 bits per heavy atom. The number of ketones is 1. The first kappa shape index (κ1) is 15.8. The Hall–Kier alpha value is -2.59. The molecule has 4 nitrogen and oxygen atoms in total. The number of benzene rings is 2. The van der Waals surface area contributed by atoms with Crippen molar-refractivity contribution >= 4 is 11.9 Å². The first-order valence-corrected chi connectivity index (χ1v) is 6.76. The van der Waals surface area contributed by atoms with E-state index in [9.17, 15) is 9.90 Å². The second kappa shape index (κ2) is 6.91. The van der Waals surface area contributed by atoms with Crippen molar-refractivity contribution < 1.29 is 19.4 Å². The molecule has 22 heavy (non-hydrogen) atoms. The van der Waals surface area contributed by atoms with Crippen LogP contribution < -0.4 is 9.47 Å². The molecule has 2 aromatic carbocycles. The van der Waals surface area contributed by atoms with E-state index >= 15 is 0 Å². The quantitative estimate of drug-likeness (QED) is 0.832. The lowest BCUT2D eigenvalue weighted by molar-refractivity contribution is 0.0747. The van der Waals surface area contributed by atoms with Crippen LogP contribution >= 0.6 is 0 Å². The molecule has 1 atom stereocenters. The topological polar surface area (TPSA) is 55.8 Å². The van der Waals surface area contributed by atoms with Crippen LogP contribution in [0.4, 0.5) is 0 Å². The van der Waals surface area contributed by atoms with Crippen molar-refractivity contribution in [3.8, 4) is 11.5 Å². The van der Waals surface area contributed by atoms with E-state index < -0.39 is 6.10 Å². The van der Waals surface area contributed by atoms with Crippen LogP contribution in [0.3, 0.4) is 0 Å². The fourth-order valence-corrected chi connectivity index (χ4v) is 2.08. The number of methoxy groups -OCH3 is 2. The summed E-state index contributed by atoms with van der Waals surface area (Å²) in [4.78, 5) is 12.4. The number of Topliss-reactive ketones (excluding diaryl/α,β-unsaturated/α-hetero) is 1. The van der Waals surface area contributed by atoms with Gasteiger partial charge in [0, 0.05) is 11.6 Å². The molecule has 0 aliphatic rings. The van der Waals surface area contributed by atoms with Crippen molar-refractivity contribution in [3.63, 3.8) is 0 Å². The fraction of sp³-hybridized carbons (Fsp3) is 0.167. The highest BCUT2D eigenvalue weighted by atomic mass is 16.5. The number of aliphatic hydroxyl groups is 1. The molecular weight excluding hydrogens is 280 g/mol. The maximum atomic E-state index is 12.4. The van der Waals surface area contributed by atoms with Gasteiger partial charge in [-0.2, -0.15) is 0 Å². The predicted molar refractivity (Wildman–Crippen MR) is 85.4 cm³/mol. The third kappa shape index (κ3) is 3.35. The molecule has 4 heteroatoms. The third-order valence-electron chi connectivity index (χ3n) is 3.37. The smallest absolute Gasteiger partial charge is 0.195 e. The largest absolute Gasteiger partial charge is 0.497 e. The molecule has 0 saturated heterocycles. The first-order chi connectivity index (χ1) is 10.6. The molecule has 0 radical (unpaired) electrons. The van der Waals surface area contributed by atoms with Crippen LogP contribution in [0.15, 0.2) is 49.0 Å². The van der Waals surface area contributed by atoms with Gasteiger partial charge in [0.1, 0.15) is 17.6 Å². The Labute approximate surface area is 129 Å². The zero-order valence-electron chi connectivity index (χ0n) is 12.6. The van der Waals surface area contributed by atoms with Crippen LogP contribution in [0.1, 0.15) is 27.6 Å². The van der Waals surface area contributed by atoms with Crippen LogP contribution in [0.2, 0.25) is 0 Å². The lowest BCUT2D eigenvalue weighted by Crippen LogP contribution is -2.12. The summed E-state index contributed by atoms with van der Waals surface area (Å²) < 4.78 is 10.3. The van der Waals surface area contributed by atoms with E-state index in [-0.39, 0.29) is 5.78 Å². The first-order valence-electron chi connectivity index (χ1n) is 6.76. The highest BCUT2D eigenvalue weighted by Gasteiger charge is 2.20. The molecule has 0 bridgehead atoms. The normalized spacial score (nSPS) is 11.6. The number of carbonyl (C=O) groups is 1. The minimum Gasteiger partial charge on any atom is -0.497 e. The lowest BCUT2D eigenvalue weighted by Gasteiger charge is -2.13. The predicted octanol–water partition coefficient (Wildman–Crippen LogP) is 3.26. The molecular formula is C18H18O4. The van der Waals surface area contributed by atoms with Gasteiger partial charge < -0.3 is 14.6 Å². The minimum absolute atomic E-state index is 0.383. The summed E-state index contributed by atoms with van der Waals surface area (Å²) in [6, 6.07) is 11.8. The highest BCUT2D eigenvalue weighted by Crippen LogP contribution is 2.28. The van der Waals surface area contributed by atoms with Crippen LogP contribution in [-0.4, -0.2) is 25.1 Å². The van der Waals surface area contributed by atoms with Gasteiger partial charge in [0.25, 0.3) is 0 Å². The molecule has 1 N–H and O–H groups in total. The van der Waals surface area contributed by atoms with E-state index in [0.717, 1.165) is 5.56 Å². The van der Waals surface area contributed by atoms with E-state index in [1.165, 1.54) is 14.2 Å². The monoisotopic (exact) mass is 298 g/mol. The van der Waals surface area contributed by atoms with Crippen LogP contribution in [0.5, 0.6) is 11.5 Å². The van der Waals surface area contributed by atoms with E-state index in [0.29, 0.717) is 22.6 Å². The van der Waals surface area contributed by atoms with Crippen LogP contribution in [-0.2, 0) is 0 Å². The van der Waals surface area contributed by atoms with E-state index in [2.05, 4.69) is 6.58 Å². The van der Waals surface area contributed by atoms with Crippen molar-refractivity contribution in [2.45, 2.75) is 6.10 Å². The van der Waals surface area contributed by atoms with Crippen molar-refractivity contribution in [3.05, 3.63) is 65.7 Å². The molecule has 1 unspecified atom stereocenters. The maximum Gasteiger partial charge on any atom is 0.195 e. The van der Waals surface area contributed by atoms with Crippen LogP contribution in [0, 0.1) is 0 Å². The minimum atomic E-state index is -1.28. The molecule has 2 aromatic rings. The van der Waals surface area contributed by atoms with Crippen molar-refractivity contribution in [1.82, 2.24) is 0 Å². The summed E-state index contributed by atoms with van der Waals surface area (Å²) in [6.07, 6.45) is 0.413. The fourth-order valence-electron chi connectivity index (χ4n) is 2.08. The van der Waals surface area contributed by atoms with Crippen LogP contribution in [0.25, 0.3) is 6.08 Å². The summed E-state index contributed by atoms with van der Waals surface area (Å²) in [5.74, 6) is 0.650. The van der Waals surface area contributed by atoms with Gasteiger partial charge in [-0.05, 0) is 23.3 Å². The second-order valence-corrected chi connectivity index (χ2v) is 4.74. The molecule has 0 aromatic heterocycles. The molecule has 0 fully saturated rings. The van der Waals surface area contributed by atoms with Gasteiger partial charge >= 0.3 is 0 Å². The van der Waals surface area contributed by atoms with E-state index in [1.807, 2.05) is 0 Å². The van der Waals surface area contributed by atoms with Gasteiger partial charge in [-0.25, -0.2) is 0 Å². The Morgan fingerprint density at radius 2 is 1.64 bits per heavy atom. The second-order valence-electron chi connectivity index (χ2n) is 4.74. The molecule has 0 spiro atoms. The standard InChI is InChI=1S/C18H18O4/c1-4-12-5-7-13(8-6-12)17(19)18(20)14-9-15(21-2)11-16(10-14)22-3/h4-11,18,20H,1H2,2-3H3. The van der Waals surface area contributed by atoms with Gasteiger partial charge in [-0.3, -0.25) is 4.79 Å². The summed E-state index contributed by atoms with van der Waals surface area (Å²) >= 11 is 0. The molecule has 0 aliphatic heterocycles. The van der Waals surface area contributed by atoms with Gasteiger partial charge in [-0.1, -0.05) is 36.9 Å². The number of hydrogen-bond donors (Lipinski definition) is 1. The summed E-state index contributed by atoms with van der Waals surface area (Å²) in [6.45, 7) is 3.66. The van der Waals surface area contributed by atoms with Crippen molar-refractivity contribution in [2.24, 2.45) is 0 Å². The Kier molecular flexibility index (Phi) is 4.96. The zero-order valence-corrected chi connectivity index (χ0v) is 12.6. The summed E-state index contributed by atoms with van der Waals surface area (Å²) in [5, 5.41) is 10.3. The van der Waals surface area contributed by atoms with Crippen molar-refractivity contribution in [1.29, 1.82) is 0 Å². The van der Waals surface area contributed by atoms with Gasteiger partial charge in [-0.15, -0.1) is 0 Å². The van der Waals surface area contributed by atoms with Gasteiger partial charge in [0.05, 0.1) is 14.2 Å². The number of hydrogen-bond acceptors (Lipinski definition) is 4. The van der Waals surface area contributed by atoms with E-state index in [4.69, 9.17) is 9.47 Å². The molecule has 114 valence electrons. The Bertz CT molecular complexity index is 652. The van der Waals surface area contributed by atoms with E-state index in [1.54, 1.807) is 48.5 Å². The maximum absolute atomic E-state index is 12.4.